The Labute approximate surface area is 208 Å². The molecule has 1 aliphatic heterocycles. The Morgan fingerprint density at radius 1 is 1.21 bits per heavy atom. The largest absolute Gasteiger partial charge is 0.366 e. The van der Waals surface area contributed by atoms with Gasteiger partial charge in [-0.25, -0.2) is 0 Å². The maximum Gasteiger partial charge on any atom is 0.272 e. The molecule has 0 spiro atoms. The summed E-state index contributed by atoms with van der Waals surface area (Å²) in [7, 11) is 1.85. The molecular weight excluding hydrogens is 446 g/mol. The van der Waals surface area contributed by atoms with Crippen molar-refractivity contribution in [2.24, 2.45) is 13.0 Å². The van der Waals surface area contributed by atoms with Crippen molar-refractivity contribution in [1.82, 2.24) is 14.7 Å². The van der Waals surface area contributed by atoms with Crippen LogP contribution in [-0.4, -0.2) is 46.3 Å². The number of aryl methyl sites for hydroxylation is 1. The zero-order valence-corrected chi connectivity index (χ0v) is 21.6. The highest BCUT2D eigenvalue weighted by atomic mass is 35.5. The van der Waals surface area contributed by atoms with Crippen molar-refractivity contribution >= 4 is 23.2 Å². The highest BCUT2D eigenvalue weighted by molar-refractivity contribution is 6.32. The van der Waals surface area contributed by atoms with Crippen molar-refractivity contribution in [2.45, 2.75) is 70.8 Å². The fourth-order valence-corrected chi connectivity index (χ4v) is 5.48. The standard InChI is InChI=1S/C27H36ClN5O/c1-27(2,3)25-15-24(31(4)30-25)26(34)32-13-12-22(18-32)33(17-19-8-6-5-7-9-19)21-11-10-20(16-29)23(28)14-21/h10-11,14-15,19,22H,5-9,12-13,17-18H2,1-4H3/t22-/m0/s1. The van der Waals surface area contributed by atoms with Crippen LogP contribution >= 0.6 is 11.6 Å². The van der Waals surface area contributed by atoms with E-state index in [2.05, 4.69) is 36.8 Å². The average molecular weight is 482 g/mol. The third kappa shape index (κ3) is 5.25. The SMILES string of the molecule is Cn1nc(C(C)(C)C)cc1C(=O)N1CC[C@H](N(CC2CCCCC2)c2ccc(C#N)c(Cl)c2)C1. The van der Waals surface area contributed by atoms with Crippen LogP contribution in [0.4, 0.5) is 5.69 Å². The summed E-state index contributed by atoms with van der Waals surface area (Å²) in [5, 5.41) is 14.4. The van der Waals surface area contributed by atoms with Crippen molar-refractivity contribution in [1.29, 1.82) is 5.26 Å². The summed E-state index contributed by atoms with van der Waals surface area (Å²) in [6.45, 7) is 8.71. The van der Waals surface area contributed by atoms with E-state index in [1.165, 1.54) is 32.1 Å². The number of aromatic nitrogens is 2. The lowest BCUT2D eigenvalue weighted by atomic mass is 9.88. The van der Waals surface area contributed by atoms with Crippen LogP contribution in [0.25, 0.3) is 0 Å². The van der Waals surface area contributed by atoms with Gasteiger partial charge in [-0.3, -0.25) is 9.48 Å². The van der Waals surface area contributed by atoms with E-state index in [9.17, 15) is 10.1 Å². The Hall–Kier alpha value is -2.52. The van der Waals surface area contributed by atoms with Gasteiger partial charge in [-0.2, -0.15) is 10.4 Å². The number of anilines is 1. The molecule has 2 fully saturated rings. The maximum absolute atomic E-state index is 13.4. The lowest BCUT2D eigenvalue weighted by Crippen LogP contribution is -2.42. The third-order valence-electron chi connectivity index (χ3n) is 7.34. The van der Waals surface area contributed by atoms with Gasteiger partial charge in [0.1, 0.15) is 11.8 Å². The van der Waals surface area contributed by atoms with Crippen LogP contribution < -0.4 is 4.90 Å². The van der Waals surface area contributed by atoms with Crippen molar-refractivity contribution < 1.29 is 4.79 Å². The van der Waals surface area contributed by atoms with Gasteiger partial charge in [-0.1, -0.05) is 51.6 Å². The number of hydrogen-bond acceptors (Lipinski definition) is 4. The maximum atomic E-state index is 13.4. The minimum atomic E-state index is -0.102. The fraction of sp³-hybridized carbons (Fsp3) is 0.593. The molecule has 2 aromatic rings. The Morgan fingerprint density at radius 3 is 2.56 bits per heavy atom. The number of nitriles is 1. The second-order valence-electron chi connectivity index (χ2n) is 10.9. The van der Waals surface area contributed by atoms with Gasteiger partial charge in [0.05, 0.1) is 16.3 Å². The number of benzene rings is 1. The van der Waals surface area contributed by atoms with E-state index in [0.29, 0.717) is 28.7 Å². The second kappa shape index (κ2) is 10.00. The summed E-state index contributed by atoms with van der Waals surface area (Å²) in [5.74, 6) is 0.697. The van der Waals surface area contributed by atoms with Crippen molar-refractivity contribution in [2.75, 3.05) is 24.5 Å². The third-order valence-corrected chi connectivity index (χ3v) is 7.66. The fourth-order valence-electron chi connectivity index (χ4n) is 5.26. The molecule has 6 nitrogen and oxygen atoms in total. The summed E-state index contributed by atoms with van der Waals surface area (Å²) < 4.78 is 1.72. The zero-order chi connectivity index (χ0) is 24.5. The average Bonchev–Trinajstić information content (AvgIpc) is 3.45. The van der Waals surface area contributed by atoms with Gasteiger partial charge in [-0.15, -0.1) is 0 Å². The number of likely N-dealkylation sites (tertiary alicyclic amines) is 1. The van der Waals surface area contributed by atoms with Crippen molar-refractivity contribution in [3.8, 4) is 6.07 Å². The van der Waals surface area contributed by atoms with E-state index in [4.69, 9.17) is 11.6 Å². The highest BCUT2D eigenvalue weighted by Gasteiger charge is 2.34. The second-order valence-corrected chi connectivity index (χ2v) is 11.3. The lowest BCUT2D eigenvalue weighted by Gasteiger charge is -2.36. The molecule has 2 aliphatic rings. The highest BCUT2D eigenvalue weighted by Crippen LogP contribution is 2.32. The van der Waals surface area contributed by atoms with E-state index >= 15 is 0 Å². The first-order valence-corrected chi connectivity index (χ1v) is 12.8. The Kier molecular flexibility index (Phi) is 7.23. The van der Waals surface area contributed by atoms with Crippen molar-refractivity contribution in [3.05, 3.63) is 46.2 Å². The van der Waals surface area contributed by atoms with Crippen LogP contribution in [-0.2, 0) is 12.5 Å². The van der Waals surface area contributed by atoms with Crippen LogP contribution in [0.15, 0.2) is 24.3 Å². The summed E-state index contributed by atoms with van der Waals surface area (Å²) in [5.41, 5.74) is 3.02. The Morgan fingerprint density at radius 2 is 1.94 bits per heavy atom. The van der Waals surface area contributed by atoms with Crippen molar-refractivity contribution in [3.63, 3.8) is 0 Å². The van der Waals surface area contributed by atoms with Gasteiger partial charge >= 0.3 is 0 Å². The molecule has 7 heteroatoms. The number of amides is 1. The summed E-state index contributed by atoms with van der Waals surface area (Å²) in [6.07, 6.45) is 7.32. The van der Waals surface area contributed by atoms with Crippen LogP contribution in [0, 0.1) is 17.2 Å². The first-order valence-electron chi connectivity index (χ1n) is 12.5. The van der Waals surface area contributed by atoms with Crippen LogP contribution in [0.5, 0.6) is 0 Å². The van der Waals surface area contributed by atoms with E-state index in [0.717, 1.165) is 30.9 Å². The molecule has 0 bridgehead atoms. The normalized spacial score (nSPS) is 19.3. The molecular formula is C27H36ClN5O. The van der Waals surface area contributed by atoms with E-state index in [1.807, 2.05) is 36.2 Å². The molecule has 0 unspecified atom stereocenters. The number of hydrogen-bond donors (Lipinski definition) is 0. The summed E-state index contributed by atoms with van der Waals surface area (Å²) >= 11 is 6.42. The van der Waals surface area contributed by atoms with Crippen LogP contribution in [0.2, 0.25) is 5.02 Å². The molecule has 2 heterocycles. The van der Waals surface area contributed by atoms with E-state index in [-0.39, 0.29) is 17.4 Å². The number of rotatable bonds is 5. The molecule has 182 valence electrons. The van der Waals surface area contributed by atoms with Crippen LogP contribution in [0.1, 0.15) is 81.0 Å². The minimum Gasteiger partial charge on any atom is -0.366 e. The van der Waals surface area contributed by atoms with Gasteiger partial charge in [0.15, 0.2) is 0 Å². The van der Waals surface area contributed by atoms with Gasteiger partial charge in [-0.05, 0) is 49.4 Å². The zero-order valence-electron chi connectivity index (χ0n) is 20.9. The molecule has 1 aliphatic carbocycles. The molecule has 1 atom stereocenters. The summed E-state index contributed by atoms with van der Waals surface area (Å²) in [6, 6.07) is 10.1. The Balaban J connectivity index is 1.55. The molecule has 0 radical (unpaired) electrons. The monoisotopic (exact) mass is 481 g/mol. The summed E-state index contributed by atoms with van der Waals surface area (Å²) in [4.78, 5) is 17.8. The van der Waals surface area contributed by atoms with Crippen LogP contribution in [0.3, 0.4) is 0 Å². The lowest BCUT2D eigenvalue weighted by molar-refractivity contribution is 0.0779. The quantitative estimate of drug-likeness (QED) is 0.562. The number of carbonyl (C=O) groups excluding carboxylic acids is 1. The molecule has 34 heavy (non-hydrogen) atoms. The number of halogens is 1. The number of carbonyl (C=O) groups is 1. The first-order chi connectivity index (χ1) is 16.2. The first kappa shape index (κ1) is 24.6. The topological polar surface area (TPSA) is 65.2 Å². The molecule has 1 saturated carbocycles. The van der Waals surface area contributed by atoms with Gasteiger partial charge in [0.25, 0.3) is 5.91 Å². The number of nitrogens with zero attached hydrogens (tertiary/aromatic N) is 5. The molecule has 1 aromatic carbocycles. The molecule has 0 N–H and O–H groups in total. The minimum absolute atomic E-state index is 0.0449. The van der Waals surface area contributed by atoms with Gasteiger partial charge in [0.2, 0.25) is 0 Å². The predicted molar refractivity (Wildman–Crippen MR) is 136 cm³/mol. The molecule has 4 rings (SSSR count). The van der Waals surface area contributed by atoms with Gasteiger partial charge in [0, 0.05) is 43.8 Å². The Bertz CT molecular complexity index is 1070. The molecule has 1 aromatic heterocycles. The smallest absolute Gasteiger partial charge is 0.272 e. The molecule has 1 amide bonds. The molecule has 1 saturated heterocycles. The van der Waals surface area contributed by atoms with Gasteiger partial charge < -0.3 is 9.80 Å². The predicted octanol–water partition coefficient (Wildman–Crippen LogP) is 5.54. The van der Waals surface area contributed by atoms with E-state index in [1.54, 1.807) is 4.68 Å². The van der Waals surface area contributed by atoms with E-state index < -0.39 is 0 Å².